The van der Waals surface area contributed by atoms with Crippen molar-refractivity contribution in [2.75, 3.05) is 13.6 Å². The second kappa shape index (κ2) is 7.09. The van der Waals surface area contributed by atoms with E-state index in [9.17, 15) is 18.7 Å². The van der Waals surface area contributed by atoms with E-state index in [2.05, 4.69) is 5.10 Å². The quantitative estimate of drug-likeness (QED) is 0.912. The Bertz CT molecular complexity index is 757. The van der Waals surface area contributed by atoms with Gasteiger partial charge in [0.1, 0.15) is 11.5 Å². The van der Waals surface area contributed by atoms with E-state index in [0.29, 0.717) is 29.9 Å². The third kappa shape index (κ3) is 3.62. The fourth-order valence-corrected chi connectivity index (χ4v) is 2.51. The van der Waals surface area contributed by atoms with Gasteiger partial charge in [0, 0.05) is 19.7 Å². The molecule has 0 fully saturated rings. The maximum Gasteiger partial charge on any atom is 0.257 e. The van der Waals surface area contributed by atoms with Gasteiger partial charge >= 0.3 is 0 Å². The Kier molecular flexibility index (Phi) is 5.33. The Hall–Kier alpha value is -2.28. The summed E-state index contributed by atoms with van der Waals surface area (Å²) >= 11 is 0. The Morgan fingerprint density at radius 2 is 2.04 bits per heavy atom. The van der Waals surface area contributed by atoms with Gasteiger partial charge in [0.05, 0.1) is 23.1 Å². The van der Waals surface area contributed by atoms with Gasteiger partial charge in [-0.15, -0.1) is 0 Å². The second-order valence-electron chi connectivity index (χ2n) is 5.92. The van der Waals surface area contributed by atoms with Gasteiger partial charge in [0.15, 0.2) is 5.82 Å². The number of aromatic nitrogens is 2. The maximum absolute atomic E-state index is 14.0. The summed E-state index contributed by atoms with van der Waals surface area (Å²) in [5.41, 5.74) is 1.41. The molecule has 0 bridgehead atoms. The number of hydrogen-bond acceptors (Lipinski definition) is 3. The average molecular weight is 337 g/mol. The molecule has 1 N–H and O–H groups in total. The van der Waals surface area contributed by atoms with Crippen LogP contribution in [0.3, 0.4) is 0 Å². The molecule has 1 heterocycles. The largest absolute Gasteiger partial charge is 0.393 e. The van der Waals surface area contributed by atoms with E-state index in [-0.39, 0.29) is 11.6 Å². The van der Waals surface area contributed by atoms with Gasteiger partial charge in [-0.2, -0.15) is 5.10 Å². The normalized spacial score (nSPS) is 12.3. The summed E-state index contributed by atoms with van der Waals surface area (Å²) in [5, 5.41) is 13.6. The molecule has 0 saturated carbocycles. The first kappa shape index (κ1) is 18.1. The van der Waals surface area contributed by atoms with E-state index in [4.69, 9.17) is 0 Å². The molecule has 24 heavy (non-hydrogen) atoms. The predicted octanol–water partition coefficient (Wildman–Crippen LogP) is 2.61. The van der Waals surface area contributed by atoms with Crippen LogP contribution in [0.15, 0.2) is 18.2 Å². The summed E-state index contributed by atoms with van der Waals surface area (Å²) in [6.45, 7) is 5.38. The Balaban J connectivity index is 2.37. The lowest BCUT2D eigenvalue weighted by molar-refractivity contribution is 0.0767. The number of nitrogens with zero attached hydrogens (tertiary/aromatic N) is 3. The lowest BCUT2D eigenvalue weighted by atomic mass is 10.1. The van der Waals surface area contributed by atoms with Gasteiger partial charge in [-0.3, -0.25) is 4.79 Å². The van der Waals surface area contributed by atoms with E-state index < -0.39 is 17.7 Å². The molecule has 0 saturated heterocycles. The minimum atomic E-state index is -0.748. The molecule has 1 aromatic heterocycles. The molecule has 0 aliphatic carbocycles. The van der Waals surface area contributed by atoms with E-state index in [0.717, 1.165) is 12.1 Å². The van der Waals surface area contributed by atoms with Crippen molar-refractivity contribution in [2.45, 2.75) is 33.3 Å². The van der Waals surface area contributed by atoms with Gasteiger partial charge in [-0.25, -0.2) is 13.5 Å². The minimum absolute atomic E-state index is 0.0858. The maximum atomic E-state index is 14.0. The van der Waals surface area contributed by atoms with Crippen molar-refractivity contribution in [3.8, 4) is 5.69 Å². The Morgan fingerprint density at radius 1 is 1.38 bits per heavy atom. The number of halogens is 2. The molecule has 1 aromatic carbocycles. The molecule has 1 amide bonds. The van der Waals surface area contributed by atoms with E-state index in [1.165, 1.54) is 15.6 Å². The van der Waals surface area contributed by atoms with Crippen LogP contribution in [-0.4, -0.2) is 45.4 Å². The van der Waals surface area contributed by atoms with Crippen LogP contribution >= 0.6 is 0 Å². The fraction of sp³-hybridized carbons (Fsp3) is 0.412. The number of carbonyl (C=O) groups excluding carboxylic acids is 1. The van der Waals surface area contributed by atoms with Crippen molar-refractivity contribution in [1.29, 1.82) is 0 Å². The van der Waals surface area contributed by atoms with Crippen LogP contribution in [0.2, 0.25) is 0 Å². The summed E-state index contributed by atoms with van der Waals surface area (Å²) in [7, 11) is 1.64. The van der Waals surface area contributed by atoms with Gasteiger partial charge in [-0.1, -0.05) is 0 Å². The van der Waals surface area contributed by atoms with Crippen molar-refractivity contribution in [2.24, 2.45) is 0 Å². The number of aryl methyl sites for hydroxylation is 1. The van der Waals surface area contributed by atoms with Crippen molar-refractivity contribution in [1.82, 2.24) is 14.7 Å². The lowest BCUT2D eigenvalue weighted by Crippen LogP contribution is -2.30. The number of aliphatic hydroxyl groups is 1. The SMILES string of the molecule is Cc1nn(-c2ccc(F)cc2F)c(C)c1C(=O)N(C)CCC(C)O. The summed E-state index contributed by atoms with van der Waals surface area (Å²) in [6, 6.07) is 3.21. The number of aliphatic hydroxyl groups excluding tert-OH is 1. The predicted molar refractivity (Wildman–Crippen MR) is 86.2 cm³/mol. The van der Waals surface area contributed by atoms with Crippen LogP contribution in [0.4, 0.5) is 8.78 Å². The first-order chi connectivity index (χ1) is 11.2. The smallest absolute Gasteiger partial charge is 0.257 e. The lowest BCUT2D eigenvalue weighted by Gasteiger charge is -2.18. The summed E-state index contributed by atoms with van der Waals surface area (Å²) < 4.78 is 28.4. The number of amides is 1. The molecule has 0 aliphatic heterocycles. The van der Waals surface area contributed by atoms with Gasteiger partial charge in [-0.05, 0) is 39.3 Å². The monoisotopic (exact) mass is 337 g/mol. The molecule has 1 atom stereocenters. The Morgan fingerprint density at radius 3 is 2.62 bits per heavy atom. The van der Waals surface area contributed by atoms with E-state index in [1.54, 1.807) is 27.8 Å². The summed E-state index contributed by atoms with van der Waals surface area (Å²) in [4.78, 5) is 14.1. The first-order valence-electron chi connectivity index (χ1n) is 7.67. The number of carbonyl (C=O) groups is 1. The third-order valence-electron chi connectivity index (χ3n) is 3.87. The third-order valence-corrected chi connectivity index (χ3v) is 3.87. The van der Waals surface area contributed by atoms with Crippen LogP contribution in [0.5, 0.6) is 0 Å². The highest BCUT2D eigenvalue weighted by atomic mass is 19.1. The highest BCUT2D eigenvalue weighted by Crippen LogP contribution is 2.22. The standard InChI is InChI=1S/C17H21F2N3O2/c1-10(23)7-8-21(4)17(24)16-11(2)20-22(12(16)3)15-6-5-13(18)9-14(15)19/h5-6,9-10,23H,7-8H2,1-4H3. The molecule has 0 radical (unpaired) electrons. The molecule has 1 unspecified atom stereocenters. The zero-order valence-corrected chi connectivity index (χ0v) is 14.2. The molecule has 2 rings (SSSR count). The van der Waals surface area contributed by atoms with E-state index >= 15 is 0 Å². The van der Waals surface area contributed by atoms with Crippen LogP contribution in [0.25, 0.3) is 5.69 Å². The summed E-state index contributed by atoms with van der Waals surface area (Å²) in [6.07, 6.45) is -0.0420. The zero-order chi connectivity index (χ0) is 18.0. The number of hydrogen-bond donors (Lipinski definition) is 1. The number of rotatable bonds is 5. The molecule has 0 aliphatic rings. The average Bonchev–Trinajstić information content (AvgIpc) is 2.79. The molecular formula is C17H21F2N3O2. The van der Waals surface area contributed by atoms with Crippen LogP contribution in [0.1, 0.15) is 35.1 Å². The molecule has 130 valence electrons. The fourth-order valence-electron chi connectivity index (χ4n) is 2.51. The van der Waals surface area contributed by atoms with E-state index in [1.807, 2.05) is 0 Å². The van der Waals surface area contributed by atoms with Crippen molar-refractivity contribution in [3.05, 3.63) is 46.8 Å². The molecule has 7 heteroatoms. The molecule has 0 spiro atoms. The van der Waals surface area contributed by atoms with Gasteiger partial charge < -0.3 is 10.0 Å². The first-order valence-corrected chi connectivity index (χ1v) is 7.67. The van der Waals surface area contributed by atoms with Crippen LogP contribution in [-0.2, 0) is 0 Å². The van der Waals surface area contributed by atoms with Crippen LogP contribution < -0.4 is 0 Å². The highest BCUT2D eigenvalue weighted by molar-refractivity contribution is 5.96. The van der Waals surface area contributed by atoms with Crippen molar-refractivity contribution >= 4 is 5.91 Å². The second-order valence-corrected chi connectivity index (χ2v) is 5.92. The Labute approximate surface area is 139 Å². The van der Waals surface area contributed by atoms with Crippen molar-refractivity contribution in [3.63, 3.8) is 0 Å². The van der Waals surface area contributed by atoms with Crippen LogP contribution in [0, 0.1) is 25.5 Å². The molecule has 5 nitrogen and oxygen atoms in total. The topological polar surface area (TPSA) is 58.4 Å². The van der Waals surface area contributed by atoms with Gasteiger partial charge in [0.25, 0.3) is 5.91 Å². The zero-order valence-electron chi connectivity index (χ0n) is 14.2. The van der Waals surface area contributed by atoms with Crippen molar-refractivity contribution < 1.29 is 18.7 Å². The summed E-state index contributed by atoms with van der Waals surface area (Å²) in [5.74, 6) is -1.67. The van der Waals surface area contributed by atoms with Gasteiger partial charge in [0.2, 0.25) is 0 Å². The number of benzene rings is 1. The molecule has 2 aromatic rings. The minimum Gasteiger partial charge on any atom is -0.393 e. The highest BCUT2D eigenvalue weighted by Gasteiger charge is 2.23. The molecular weight excluding hydrogens is 316 g/mol.